The second kappa shape index (κ2) is 4.94. The molecule has 0 nitrogen and oxygen atoms in total. The smallest absolute Gasteiger partial charge is 0.106 e. The highest BCUT2D eigenvalue weighted by Crippen LogP contribution is 2.28. The van der Waals surface area contributed by atoms with Crippen molar-refractivity contribution in [3.05, 3.63) is 49.5 Å². The zero-order valence-corrected chi connectivity index (χ0v) is 8.92. The summed E-state index contributed by atoms with van der Waals surface area (Å²) in [5, 5.41) is 0. The molecular formula is C11H18Si. The number of allylic oxidation sites excluding steroid dienone is 1. The normalized spacial score (nSPS) is 13.1. The van der Waals surface area contributed by atoms with Gasteiger partial charge in [0, 0.05) is 0 Å². The fourth-order valence-corrected chi connectivity index (χ4v) is 3.95. The Morgan fingerprint density at radius 2 is 1.50 bits per heavy atom. The second-order valence-corrected chi connectivity index (χ2v) is 6.83. The van der Waals surface area contributed by atoms with E-state index in [9.17, 15) is 0 Å². The van der Waals surface area contributed by atoms with Crippen LogP contribution in [0.4, 0.5) is 0 Å². The quantitative estimate of drug-likeness (QED) is 0.431. The van der Waals surface area contributed by atoms with Crippen molar-refractivity contribution in [1.82, 2.24) is 0 Å². The van der Waals surface area contributed by atoms with Crippen LogP contribution >= 0.6 is 0 Å². The van der Waals surface area contributed by atoms with E-state index in [1.165, 1.54) is 0 Å². The summed E-state index contributed by atoms with van der Waals surface area (Å²) in [5.41, 5.74) is 6.54. The van der Waals surface area contributed by atoms with Crippen molar-refractivity contribution >= 4 is 8.07 Å². The molecule has 66 valence electrons. The summed E-state index contributed by atoms with van der Waals surface area (Å²) in [6.45, 7) is 17.6. The molecule has 0 heterocycles. The van der Waals surface area contributed by atoms with E-state index < -0.39 is 8.07 Å². The first-order valence-corrected chi connectivity index (χ1v) is 6.55. The van der Waals surface area contributed by atoms with E-state index in [4.69, 9.17) is 0 Å². The third-order valence-corrected chi connectivity index (χ3v) is 6.48. The maximum absolute atomic E-state index is 3.86. The van der Waals surface area contributed by atoms with Crippen molar-refractivity contribution in [2.24, 2.45) is 0 Å². The molecule has 0 saturated carbocycles. The molecule has 0 aromatic carbocycles. The summed E-state index contributed by atoms with van der Waals surface area (Å²) in [7, 11) is -1.67. The predicted octanol–water partition coefficient (Wildman–Crippen LogP) is 3.58. The monoisotopic (exact) mass is 178 g/mol. The molecule has 0 fully saturated rings. The van der Waals surface area contributed by atoms with E-state index in [-0.39, 0.29) is 0 Å². The lowest BCUT2D eigenvalue weighted by atomic mass is 10.3. The molecular weight excluding hydrogens is 160 g/mol. The molecule has 0 aliphatic rings. The highest BCUT2D eigenvalue weighted by molar-refractivity contribution is 6.94. The first kappa shape index (κ1) is 11.2. The Hall–Kier alpha value is -0.823. The Morgan fingerprint density at radius 3 is 1.58 bits per heavy atom. The van der Waals surface area contributed by atoms with E-state index in [0.29, 0.717) is 5.54 Å². The average molecular weight is 178 g/mol. The van der Waals surface area contributed by atoms with Crippen molar-refractivity contribution in [2.75, 3.05) is 0 Å². The fourth-order valence-electron chi connectivity index (χ4n) is 1.43. The van der Waals surface area contributed by atoms with Crippen LogP contribution in [0.15, 0.2) is 49.5 Å². The summed E-state index contributed by atoms with van der Waals surface area (Å²) in [4.78, 5) is 0. The Labute approximate surface area is 77.0 Å². The summed E-state index contributed by atoms with van der Waals surface area (Å²) in [5.74, 6) is 0. The van der Waals surface area contributed by atoms with E-state index >= 15 is 0 Å². The summed E-state index contributed by atoms with van der Waals surface area (Å²) in [6.07, 6.45) is 3.08. The van der Waals surface area contributed by atoms with E-state index in [0.717, 1.165) is 6.42 Å². The van der Waals surface area contributed by atoms with Crippen LogP contribution in [0.2, 0.25) is 5.54 Å². The molecule has 0 aromatic rings. The lowest BCUT2D eigenvalue weighted by molar-refractivity contribution is 0.930. The molecule has 1 heteroatoms. The Balaban J connectivity index is 4.90. The molecule has 0 aliphatic carbocycles. The van der Waals surface area contributed by atoms with Crippen LogP contribution in [0.3, 0.4) is 0 Å². The van der Waals surface area contributed by atoms with E-state index in [2.05, 4.69) is 33.2 Å². The van der Waals surface area contributed by atoms with Crippen LogP contribution in [0.5, 0.6) is 0 Å². The number of hydrogen-bond acceptors (Lipinski definition) is 0. The number of hydrogen-bond donors (Lipinski definition) is 0. The minimum Gasteiger partial charge on any atom is -0.106 e. The van der Waals surface area contributed by atoms with Crippen LogP contribution < -0.4 is 0 Å². The second-order valence-electron chi connectivity index (χ2n) is 2.86. The third-order valence-electron chi connectivity index (χ3n) is 2.43. The molecule has 0 N–H and O–H groups in total. The van der Waals surface area contributed by atoms with Crippen molar-refractivity contribution < 1.29 is 0 Å². The van der Waals surface area contributed by atoms with Gasteiger partial charge in [0.1, 0.15) is 8.07 Å². The van der Waals surface area contributed by atoms with E-state index in [1.54, 1.807) is 0 Å². The molecule has 0 aliphatic heterocycles. The summed E-state index contributed by atoms with van der Waals surface area (Å²) < 4.78 is 0. The van der Waals surface area contributed by atoms with Crippen molar-refractivity contribution in [1.29, 1.82) is 0 Å². The Bertz CT molecular complexity index is 169. The summed E-state index contributed by atoms with van der Waals surface area (Å²) in [6, 6.07) is 0. The molecule has 12 heavy (non-hydrogen) atoms. The molecule has 1 atom stereocenters. The van der Waals surface area contributed by atoms with Gasteiger partial charge in [0.05, 0.1) is 0 Å². The van der Waals surface area contributed by atoms with Gasteiger partial charge in [-0.1, -0.05) is 36.5 Å². The molecule has 0 aromatic heterocycles. The van der Waals surface area contributed by atoms with Gasteiger partial charge in [-0.05, 0) is 5.54 Å². The molecule has 0 spiro atoms. The predicted molar refractivity (Wildman–Crippen MR) is 60.6 cm³/mol. The van der Waals surface area contributed by atoms with Crippen molar-refractivity contribution in [3.8, 4) is 0 Å². The standard InChI is InChI=1S/C11H18Si/c1-6-11(7-2)12(8-3,9-4)10-5/h6,8-11H,1,3-5,7H2,2H3. The molecule has 0 rings (SSSR count). The van der Waals surface area contributed by atoms with Gasteiger partial charge in [0.15, 0.2) is 0 Å². The average Bonchev–Trinajstić information content (AvgIpc) is 2.14. The van der Waals surface area contributed by atoms with Gasteiger partial charge < -0.3 is 0 Å². The molecule has 0 bridgehead atoms. The van der Waals surface area contributed by atoms with Crippen LogP contribution in [-0.4, -0.2) is 8.07 Å². The molecule has 0 amide bonds. The Morgan fingerprint density at radius 1 is 1.08 bits per heavy atom. The lowest BCUT2D eigenvalue weighted by Gasteiger charge is -2.27. The zero-order chi connectivity index (χ0) is 9.61. The highest BCUT2D eigenvalue weighted by atomic mass is 28.3. The minimum atomic E-state index is -1.67. The van der Waals surface area contributed by atoms with E-state index in [1.807, 2.05) is 23.2 Å². The molecule has 1 unspecified atom stereocenters. The van der Waals surface area contributed by atoms with Crippen molar-refractivity contribution in [3.63, 3.8) is 0 Å². The van der Waals surface area contributed by atoms with Gasteiger partial charge in [-0.15, -0.1) is 26.3 Å². The first-order chi connectivity index (χ1) is 5.70. The SMILES string of the molecule is C=CC(CC)[Si](C=C)(C=C)C=C. The largest absolute Gasteiger partial charge is 0.131 e. The van der Waals surface area contributed by atoms with Crippen molar-refractivity contribution in [2.45, 2.75) is 18.9 Å². The summed E-state index contributed by atoms with van der Waals surface area (Å²) >= 11 is 0. The highest BCUT2D eigenvalue weighted by Gasteiger charge is 2.29. The number of rotatable bonds is 6. The van der Waals surface area contributed by atoms with Crippen LogP contribution in [0.25, 0.3) is 0 Å². The maximum atomic E-state index is 3.86. The molecule has 0 saturated heterocycles. The lowest BCUT2D eigenvalue weighted by Crippen LogP contribution is -2.32. The van der Waals surface area contributed by atoms with Gasteiger partial charge in [0.25, 0.3) is 0 Å². The third kappa shape index (κ3) is 1.86. The van der Waals surface area contributed by atoms with Gasteiger partial charge in [-0.3, -0.25) is 0 Å². The topological polar surface area (TPSA) is 0 Å². The van der Waals surface area contributed by atoms with Gasteiger partial charge in [-0.25, -0.2) is 0 Å². The van der Waals surface area contributed by atoms with Crippen LogP contribution in [-0.2, 0) is 0 Å². The fraction of sp³-hybridized carbons (Fsp3) is 0.273. The first-order valence-electron chi connectivity index (χ1n) is 4.24. The van der Waals surface area contributed by atoms with Gasteiger partial charge in [0.2, 0.25) is 0 Å². The van der Waals surface area contributed by atoms with Gasteiger partial charge in [-0.2, -0.15) is 0 Å². The zero-order valence-electron chi connectivity index (χ0n) is 7.92. The Kier molecular flexibility index (Phi) is 4.60. The van der Waals surface area contributed by atoms with Crippen LogP contribution in [0.1, 0.15) is 13.3 Å². The molecule has 0 radical (unpaired) electrons. The van der Waals surface area contributed by atoms with Gasteiger partial charge >= 0.3 is 0 Å². The minimum absolute atomic E-state index is 0.491. The maximum Gasteiger partial charge on any atom is 0.131 e. The van der Waals surface area contributed by atoms with Crippen LogP contribution in [0, 0.1) is 0 Å².